The summed E-state index contributed by atoms with van der Waals surface area (Å²) < 4.78 is 7.05. The molecule has 0 bridgehead atoms. The van der Waals surface area contributed by atoms with E-state index in [2.05, 4.69) is 15.5 Å². The van der Waals surface area contributed by atoms with E-state index < -0.39 is 0 Å². The number of hydrogen-bond acceptors (Lipinski definition) is 6. The van der Waals surface area contributed by atoms with E-state index in [-0.39, 0.29) is 5.91 Å². The zero-order chi connectivity index (χ0) is 18.2. The van der Waals surface area contributed by atoms with Crippen molar-refractivity contribution < 1.29 is 9.53 Å². The summed E-state index contributed by atoms with van der Waals surface area (Å²) >= 11 is 1.42. The predicted octanol–water partition coefficient (Wildman–Crippen LogP) is 2.56. The second-order valence-corrected chi connectivity index (χ2v) is 7.37. The third-order valence-corrected chi connectivity index (χ3v) is 5.51. The molecule has 1 aromatic carbocycles. The van der Waals surface area contributed by atoms with Crippen LogP contribution >= 0.6 is 11.8 Å². The summed E-state index contributed by atoms with van der Waals surface area (Å²) in [4.78, 5) is 14.6. The molecule has 0 N–H and O–H groups in total. The molecule has 8 heteroatoms. The SMILES string of the molecule is COCCN(Cc1ccccc1)C(=O)CSc1nnnn1C1CCCC1. The molecule has 3 rings (SSSR count). The molecule has 0 aliphatic heterocycles. The molecule has 0 spiro atoms. The minimum Gasteiger partial charge on any atom is -0.383 e. The van der Waals surface area contributed by atoms with Crippen LogP contribution in [0.25, 0.3) is 0 Å². The number of ether oxygens (including phenoxy) is 1. The van der Waals surface area contributed by atoms with Crippen molar-refractivity contribution in [1.29, 1.82) is 0 Å². The molecule has 0 radical (unpaired) electrons. The van der Waals surface area contributed by atoms with E-state index in [1.165, 1.54) is 24.6 Å². The lowest BCUT2D eigenvalue weighted by atomic mass is 10.2. The van der Waals surface area contributed by atoms with Crippen LogP contribution in [-0.4, -0.2) is 57.0 Å². The summed E-state index contributed by atoms with van der Waals surface area (Å²) in [5.41, 5.74) is 1.11. The van der Waals surface area contributed by atoms with E-state index in [1.807, 2.05) is 39.9 Å². The smallest absolute Gasteiger partial charge is 0.233 e. The van der Waals surface area contributed by atoms with Crippen LogP contribution in [-0.2, 0) is 16.1 Å². The van der Waals surface area contributed by atoms with Gasteiger partial charge < -0.3 is 9.64 Å². The van der Waals surface area contributed by atoms with Gasteiger partial charge in [0.25, 0.3) is 0 Å². The average Bonchev–Trinajstić information content (AvgIpc) is 3.35. The van der Waals surface area contributed by atoms with Crippen LogP contribution in [0.3, 0.4) is 0 Å². The predicted molar refractivity (Wildman–Crippen MR) is 99.8 cm³/mol. The Bertz CT molecular complexity index is 688. The molecule has 7 nitrogen and oxygen atoms in total. The number of rotatable bonds is 9. The van der Waals surface area contributed by atoms with Crippen LogP contribution in [0.2, 0.25) is 0 Å². The quantitative estimate of drug-likeness (QED) is 0.627. The Morgan fingerprint density at radius 1 is 1.31 bits per heavy atom. The summed E-state index contributed by atoms with van der Waals surface area (Å²) in [5, 5.41) is 12.8. The topological polar surface area (TPSA) is 73.1 Å². The fourth-order valence-corrected chi connectivity index (χ4v) is 4.02. The zero-order valence-corrected chi connectivity index (χ0v) is 15.9. The van der Waals surface area contributed by atoms with Gasteiger partial charge in [-0.3, -0.25) is 4.79 Å². The highest BCUT2D eigenvalue weighted by Gasteiger charge is 2.23. The Kier molecular flexibility index (Phi) is 7.02. The number of tetrazole rings is 1. The number of thioether (sulfide) groups is 1. The second-order valence-electron chi connectivity index (χ2n) is 6.43. The molecule has 1 saturated carbocycles. The maximum Gasteiger partial charge on any atom is 0.233 e. The molecule has 1 fully saturated rings. The Morgan fingerprint density at radius 2 is 2.08 bits per heavy atom. The highest BCUT2D eigenvalue weighted by Crippen LogP contribution is 2.31. The van der Waals surface area contributed by atoms with Gasteiger partial charge in [-0.1, -0.05) is 54.9 Å². The van der Waals surface area contributed by atoms with Crippen LogP contribution < -0.4 is 0 Å². The fraction of sp³-hybridized carbons (Fsp3) is 0.556. The van der Waals surface area contributed by atoms with E-state index >= 15 is 0 Å². The zero-order valence-electron chi connectivity index (χ0n) is 15.1. The number of amides is 1. The number of aromatic nitrogens is 4. The minimum absolute atomic E-state index is 0.0666. The first kappa shape index (κ1) is 18.8. The molecular formula is C18H25N5O2S. The summed E-state index contributed by atoms with van der Waals surface area (Å²) in [6.45, 7) is 1.67. The Balaban J connectivity index is 1.59. The van der Waals surface area contributed by atoms with Gasteiger partial charge in [0, 0.05) is 20.2 Å². The maximum atomic E-state index is 12.8. The minimum atomic E-state index is 0.0666. The number of carbonyl (C=O) groups excluding carboxylic acids is 1. The van der Waals surface area contributed by atoms with E-state index in [4.69, 9.17) is 4.74 Å². The normalized spacial score (nSPS) is 14.7. The van der Waals surface area contributed by atoms with Gasteiger partial charge in [0.2, 0.25) is 11.1 Å². The first-order chi connectivity index (χ1) is 12.8. The molecule has 1 aromatic heterocycles. The van der Waals surface area contributed by atoms with Crippen molar-refractivity contribution >= 4 is 17.7 Å². The first-order valence-corrected chi connectivity index (χ1v) is 9.98. The molecule has 1 aliphatic carbocycles. The highest BCUT2D eigenvalue weighted by atomic mass is 32.2. The van der Waals surface area contributed by atoms with Gasteiger partial charge in [0.05, 0.1) is 18.4 Å². The number of nitrogens with zero attached hydrogens (tertiary/aromatic N) is 5. The first-order valence-electron chi connectivity index (χ1n) is 8.99. The third kappa shape index (κ3) is 5.04. The third-order valence-electron chi connectivity index (χ3n) is 4.59. The number of benzene rings is 1. The van der Waals surface area contributed by atoms with Crippen molar-refractivity contribution in [2.45, 2.75) is 43.4 Å². The highest BCUT2D eigenvalue weighted by molar-refractivity contribution is 7.99. The van der Waals surface area contributed by atoms with Gasteiger partial charge in [-0.15, -0.1) is 5.10 Å². The van der Waals surface area contributed by atoms with E-state index in [1.54, 1.807) is 7.11 Å². The van der Waals surface area contributed by atoms with E-state index in [0.717, 1.165) is 23.6 Å². The fourth-order valence-electron chi connectivity index (χ4n) is 3.17. The summed E-state index contributed by atoms with van der Waals surface area (Å²) in [7, 11) is 1.65. The van der Waals surface area contributed by atoms with Gasteiger partial charge in [-0.25, -0.2) is 4.68 Å². The Morgan fingerprint density at radius 3 is 2.81 bits per heavy atom. The lowest BCUT2D eigenvalue weighted by molar-refractivity contribution is -0.129. The van der Waals surface area contributed by atoms with E-state index in [9.17, 15) is 4.79 Å². The van der Waals surface area contributed by atoms with Crippen LogP contribution in [0.4, 0.5) is 0 Å². The summed E-state index contributed by atoms with van der Waals surface area (Å²) in [6, 6.07) is 10.4. The lowest BCUT2D eigenvalue weighted by Gasteiger charge is -2.22. The molecule has 2 aromatic rings. The Labute approximate surface area is 158 Å². The molecule has 1 aliphatic rings. The molecule has 1 amide bonds. The van der Waals surface area contributed by atoms with Gasteiger partial charge >= 0.3 is 0 Å². The summed E-state index contributed by atoms with van der Waals surface area (Å²) in [5.74, 6) is 0.390. The number of hydrogen-bond donors (Lipinski definition) is 0. The molecule has 0 atom stereocenters. The van der Waals surface area contributed by atoms with Crippen LogP contribution in [0.1, 0.15) is 37.3 Å². The standard InChI is InChI=1S/C18H25N5O2S/c1-25-12-11-22(13-15-7-3-2-4-8-15)17(24)14-26-18-19-20-21-23(18)16-9-5-6-10-16/h2-4,7-8,16H,5-6,9-14H2,1H3. The van der Waals surface area contributed by atoms with Crippen molar-refractivity contribution in [3.05, 3.63) is 35.9 Å². The van der Waals surface area contributed by atoms with Crippen molar-refractivity contribution in [3.8, 4) is 0 Å². The van der Waals surface area contributed by atoms with Crippen LogP contribution in [0, 0.1) is 0 Å². The molecular weight excluding hydrogens is 350 g/mol. The molecule has 0 saturated heterocycles. The molecule has 26 heavy (non-hydrogen) atoms. The number of carbonyl (C=O) groups is 1. The molecule has 1 heterocycles. The average molecular weight is 375 g/mol. The maximum absolute atomic E-state index is 12.8. The lowest BCUT2D eigenvalue weighted by Crippen LogP contribution is -2.34. The largest absolute Gasteiger partial charge is 0.383 e. The van der Waals surface area contributed by atoms with Gasteiger partial charge in [0.1, 0.15) is 0 Å². The van der Waals surface area contributed by atoms with Crippen LogP contribution in [0.5, 0.6) is 0 Å². The van der Waals surface area contributed by atoms with E-state index in [0.29, 0.717) is 31.5 Å². The second kappa shape index (κ2) is 9.68. The monoisotopic (exact) mass is 375 g/mol. The van der Waals surface area contributed by atoms with Gasteiger partial charge in [0.15, 0.2) is 0 Å². The van der Waals surface area contributed by atoms with Gasteiger partial charge in [-0.05, 0) is 28.8 Å². The van der Waals surface area contributed by atoms with Crippen LogP contribution in [0.15, 0.2) is 35.5 Å². The van der Waals surface area contributed by atoms with Crippen molar-refractivity contribution in [1.82, 2.24) is 25.1 Å². The molecule has 140 valence electrons. The Hall–Kier alpha value is -1.93. The summed E-state index contributed by atoms with van der Waals surface area (Å²) in [6.07, 6.45) is 4.66. The van der Waals surface area contributed by atoms with Crippen molar-refractivity contribution in [2.24, 2.45) is 0 Å². The molecule has 0 unspecified atom stereocenters. The van der Waals surface area contributed by atoms with Gasteiger partial charge in [-0.2, -0.15) is 0 Å². The number of methoxy groups -OCH3 is 1. The van der Waals surface area contributed by atoms with Crippen molar-refractivity contribution in [2.75, 3.05) is 26.0 Å². The van der Waals surface area contributed by atoms with Crippen molar-refractivity contribution in [3.63, 3.8) is 0 Å².